The molecule has 3 N–H and O–H groups in total. The fraction of sp³-hybridized carbons (Fsp3) is 0.500. The lowest BCUT2D eigenvalue weighted by Crippen LogP contribution is -2.52. The van der Waals surface area contributed by atoms with Crippen LogP contribution in [0.2, 0.25) is 0 Å². The number of halogens is 3. The van der Waals surface area contributed by atoms with Crippen LogP contribution >= 0.6 is 0 Å². The first-order valence-electron chi connectivity index (χ1n) is 9.38. The second kappa shape index (κ2) is 8.64. The van der Waals surface area contributed by atoms with Crippen molar-refractivity contribution >= 4 is 5.95 Å². The van der Waals surface area contributed by atoms with Crippen molar-refractivity contribution in [1.82, 2.24) is 9.97 Å². The Bertz CT molecular complexity index is 815. The van der Waals surface area contributed by atoms with Crippen LogP contribution in [0.25, 0.3) is 0 Å². The molecule has 29 heavy (non-hydrogen) atoms. The summed E-state index contributed by atoms with van der Waals surface area (Å²) < 4.78 is 44.5. The second-order valence-electron chi connectivity index (χ2n) is 7.58. The second-order valence-corrected chi connectivity index (χ2v) is 7.58. The number of nitrogens with zero attached hydrogens (tertiary/aromatic N) is 2. The molecule has 0 saturated carbocycles. The van der Waals surface area contributed by atoms with E-state index in [-0.39, 0.29) is 12.6 Å². The lowest BCUT2D eigenvalue weighted by Gasteiger charge is -2.39. The van der Waals surface area contributed by atoms with Gasteiger partial charge < -0.3 is 20.3 Å². The number of nitrogens with one attached hydrogen (secondary N) is 1. The van der Waals surface area contributed by atoms with E-state index in [1.807, 2.05) is 24.3 Å². The van der Waals surface area contributed by atoms with Crippen molar-refractivity contribution in [2.75, 3.05) is 11.9 Å². The Morgan fingerprint density at radius 1 is 1.17 bits per heavy atom. The van der Waals surface area contributed by atoms with E-state index in [9.17, 15) is 23.4 Å². The molecule has 2 heterocycles. The van der Waals surface area contributed by atoms with E-state index in [0.717, 1.165) is 29.8 Å². The molecule has 2 aromatic rings. The van der Waals surface area contributed by atoms with E-state index in [1.165, 1.54) is 0 Å². The molecule has 1 aliphatic heterocycles. The molecule has 3 rings (SSSR count). The zero-order valence-electron chi connectivity index (χ0n) is 16.1. The van der Waals surface area contributed by atoms with Crippen LogP contribution in [0.1, 0.15) is 36.8 Å². The van der Waals surface area contributed by atoms with Crippen molar-refractivity contribution in [3.63, 3.8) is 0 Å². The van der Waals surface area contributed by atoms with Gasteiger partial charge in [-0.3, -0.25) is 0 Å². The molecular formula is C20H24F3N3O3. The van der Waals surface area contributed by atoms with Crippen LogP contribution in [-0.4, -0.2) is 45.0 Å². The van der Waals surface area contributed by atoms with Crippen LogP contribution in [0.4, 0.5) is 19.1 Å². The summed E-state index contributed by atoms with van der Waals surface area (Å²) in [5.41, 5.74) is 0.773. The Labute approximate surface area is 166 Å². The monoisotopic (exact) mass is 411 g/mol. The van der Waals surface area contributed by atoms with Crippen molar-refractivity contribution in [3.05, 3.63) is 53.3 Å². The van der Waals surface area contributed by atoms with Gasteiger partial charge in [0.15, 0.2) is 0 Å². The molecule has 0 spiro atoms. The van der Waals surface area contributed by atoms with Gasteiger partial charge in [0, 0.05) is 6.20 Å². The lowest BCUT2D eigenvalue weighted by molar-refractivity contribution is -0.141. The molecule has 6 nitrogen and oxygen atoms in total. The van der Waals surface area contributed by atoms with Crippen molar-refractivity contribution in [1.29, 1.82) is 0 Å². The molecule has 0 radical (unpaired) electrons. The van der Waals surface area contributed by atoms with E-state index in [2.05, 4.69) is 29.1 Å². The van der Waals surface area contributed by atoms with Crippen molar-refractivity contribution < 1.29 is 28.1 Å². The minimum atomic E-state index is -4.62. The summed E-state index contributed by atoms with van der Waals surface area (Å²) >= 11 is 0. The molecule has 0 bridgehead atoms. The van der Waals surface area contributed by atoms with Crippen molar-refractivity contribution in [3.8, 4) is 0 Å². The average molecular weight is 411 g/mol. The largest absolute Gasteiger partial charge is 0.433 e. The van der Waals surface area contributed by atoms with Gasteiger partial charge in [0.25, 0.3) is 0 Å². The smallest absolute Gasteiger partial charge is 0.388 e. The third-order valence-corrected chi connectivity index (χ3v) is 4.73. The van der Waals surface area contributed by atoms with E-state index in [4.69, 9.17) is 4.74 Å². The van der Waals surface area contributed by atoms with E-state index < -0.39 is 36.2 Å². The number of alkyl halides is 3. The van der Waals surface area contributed by atoms with Crippen molar-refractivity contribution in [2.45, 2.75) is 50.8 Å². The maximum Gasteiger partial charge on any atom is 0.433 e. The highest BCUT2D eigenvalue weighted by molar-refractivity contribution is 5.33. The summed E-state index contributed by atoms with van der Waals surface area (Å²) in [5.74, 6) is 0.194. The van der Waals surface area contributed by atoms with E-state index >= 15 is 0 Å². The minimum Gasteiger partial charge on any atom is -0.388 e. The van der Waals surface area contributed by atoms with Gasteiger partial charge >= 0.3 is 6.18 Å². The van der Waals surface area contributed by atoms with Crippen LogP contribution in [-0.2, 0) is 17.3 Å². The first kappa shape index (κ1) is 21.5. The molecular weight excluding hydrogens is 387 g/mol. The Morgan fingerprint density at radius 2 is 1.86 bits per heavy atom. The van der Waals surface area contributed by atoms with Crippen LogP contribution in [0.5, 0.6) is 0 Å². The first-order valence-corrected chi connectivity index (χ1v) is 9.38. The predicted molar refractivity (Wildman–Crippen MR) is 100 cm³/mol. The fourth-order valence-corrected chi connectivity index (χ4v) is 3.34. The zero-order valence-corrected chi connectivity index (χ0v) is 16.1. The minimum absolute atomic E-state index is 0.0960. The number of anilines is 1. The van der Waals surface area contributed by atoms with Crippen LogP contribution in [0, 0.1) is 5.92 Å². The highest BCUT2D eigenvalue weighted by Crippen LogP contribution is 2.32. The molecule has 4 atom stereocenters. The Balaban J connectivity index is 1.85. The maximum atomic E-state index is 12.9. The number of benzene rings is 1. The summed E-state index contributed by atoms with van der Waals surface area (Å²) in [6.07, 6.45) is -5.88. The number of aliphatic hydroxyl groups is 2. The van der Waals surface area contributed by atoms with Crippen molar-refractivity contribution in [2.24, 2.45) is 5.92 Å². The fourth-order valence-electron chi connectivity index (χ4n) is 3.34. The Morgan fingerprint density at radius 3 is 2.48 bits per heavy atom. The summed E-state index contributed by atoms with van der Waals surface area (Å²) in [7, 11) is 0. The molecule has 1 saturated heterocycles. The predicted octanol–water partition coefficient (Wildman–Crippen LogP) is 2.97. The van der Waals surface area contributed by atoms with E-state index in [0.29, 0.717) is 5.92 Å². The Kier molecular flexibility index (Phi) is 6.40. The molecule has 0 aliphatic carbocycles. The van der Waals surface area contributed by atoms with Gasteiger partial charge in [0.05, 0.1) is 12.6 Å². The Hall–Kier alpha value is -2.23. The normalized spacial score (nSPS) is 25.2. The molecule has 0 unspecified atom stereocenters. The number of ether oxygens (including phenoxy) is 1. The molecule has 158 valence electrons. The SMILES string of the molecule is CC(C)Cc1ccc([C@H]2OC[C@H](O)[C@H](O)[C@H]2Nc2nccc(C(F)(F)F)n2)cc1. The summed E-state index contributed by atoms with van der Waals surface area (Å²) in [6.45, 7) is 4.14. The summed E-state index contributed by atoms with van der Waals surface area (Å²) in [6, 6.07) is 7.45. The van der Waals surface area contributed by atoms with Gasteiger partial charge in [-0.2, -0.15) is 13.2 Å². The zero-order chi connectivity index (χ0) is 21.2. The molecule has 1 aliphatic rings. The molecule has 9 heteroatoms. The number of hydrogen-bond donors (Lipinski definition) is 3. The van der Waals surface area contributed by atoms with Gasteiger partial charge in [-0.15, -0.1) is 0 Å². The summed E-state index contributed by atoms with van der Waals surface area (Å²) in [4.78, 5) is 7.29. The highest BCUT2D eigenvalue weighted by atomic mass is 19.4. The van der Waals surface area contributed by atoms with Gasteiger partial charge in [0.1, 0.15) is 24.0 Å². The third-order valence-electron chi connectivity index (χ3n) is 4.73. The van der Waals surface area contributed by atoms with Gasteiger partial charge in [-0.25, -0.2) is 9.97 Å². The molecule has 1 aromatic heterocycles. The van der Waals surface area contributed by atoms with Crippen LogP contribution in [0.15, 0.2) is 36.5 Å². The van der Waals surface area contributed by atoms with Gasteiger partial charge in [-0.05, 0) is 29.5 Å². The number of aliphatic hydroxyl groups excluding tert-OH is 2. The van der Waals surface area contributed by atoms with Crippen LogP contribution < -0.4 is 5.32 Å². The summed E-state index contributed by atoms with van der Waals surface area (Å²) in [5, 5.41) is 23.2. The molecule has 0 amide bonds. The maximum absolute atomic E-state index is 12.9. The average Bonchev–Trinajstić information content (AvgIpc) is 2.66. The quantitative estimate of drug-likeness (QED) is 0.701. The third kappa shape index (κ3) is 5.23. The van der Waals surface area contributed by atoms with E-state index in [1.54, 1.807) is 0 Å². The number of rotatable bonds is 5. The van der Waals surface area contributed by atoms with Crippen LogP contribution in [0.3, 0.4) is 0 Å². The molecule has 1 aromatic carbocycles. The first-order chi connectivity index (χ1) is 13.6. The number of aromatic nitrogens is 2. The number of hydrogen-bond acceptors (Lipinski definition) is 6. The van der Waals surface area contributed by atoms with Gasteiger partial charge in [0.2, 0.25) is 5.95 Å². The highest BCUT2D eigenvalue weighted by Gasteiger charge is 2.40. The lowest BCUT2D eigenvalue weighted by atomic mass is 9.91. The molecule has 1 fully saturated rings. The van der Waals surface area contributed by atoms with Gasteiger partial charge in [-0.1, -0.05) is 38.1 Å². The topological polar surface area (TPSA) is 87.5 Å². The standard InChI is InChI=1S/C20H24F3N3O3/c1-11(2)9-12-3-5-13(6-4-12)18-16(17(28)14(27)10-29-18)26-19-24-8-7-15(25-19)20(21,22)23/h3-8,11,14,16-18,27-28H,9-10H2,1-2H3,(H,24,25,26)/t14-,16+,17-,18+/m0/s1.